The maximum Gasteiger partial charge on any atom is 0.282 e. The van der Waals surface area contributed by atoms with Crippen molar-refractivity contribution in [1.82, 2.24) is 20.2 Å². The maximum atomic E-state index is 12.3. The van der Waals surface area contributed by atoms with Crippen LogP contribution in [0.5, 0.6) is 0 Å². The lowest BCUT2D eigenvalue weighted by Gasteiger charge is -1.98. The van der Waals surface area contributed by atoms with Crippen molar-refractivity contribution in [2.45, 2.75) is 6.43 Å². The second-order valence-electron chi connectivity index (χ2n) is 2.94. The third-order valence-corrected chi connectivity index (χ3v) is 2.00. The van der Waals surface area contributed by atoms with Gasteiger partial charge in [0.25, 0.3) is 6.43 Å². The fourth-order valence-corrected chi connectivity index (χ4v) is 1.34. The molecule has 0 bridgehead atoms. The Labute approximate surface area is 93.7 Å². The monoisotopic (exact) mass is 245 g/mol. The van der Waals surface area contributed by atoms with Gasteiger partial charge >= 0.3 is 0 Å². The van der Waals surface area contributed by atoms with Gasteiger partial charge in [-0.1, -0.05) is 11.6 Å². The summed E-state index contributed by atoms with van der Waals surface area (Å²) < 4.78 is 24.6. The zero-order valence-electron chi connectivity index (χ0n) is 7.78. The molecule has 0 aromatic carbocycles. The number of halogens is 3. The number of hydrogen-bond acceptors (Lipinski definition) is 4. The van der Waals surface area contributed by atoms with Crippen LogP contribution in [0.15, 0.2) is 12.1 Å². The Morgan fingerprint density at radius 2 is 2.06 bits per heavy atom. The summed E-state index contributed by atoms with van der Waals surface area (Å²) in [7, 11) is 0. The zero-order valence-corrected chi connectivity index (χ0v) is 8.54. The molecule has 3 N–H and O–H groups in total. The second-order valence-corrected chi connectivity index (χ2v) is 3.33. The minimum Gasteiger partial charge on any atom is -0.368 e. The largest absolute Gasteiger partial charge is 0.368 e. The van der Waals surface area contributed by atoms with Crippen LogP contribution in [0.1, 0.15) is 12.1 Å². The first-order valence-electron chi connectivity index (χ1n) is 4.20. The highest BCUT2D eigenvalue weighted by molar-refractivity contribution is 6.29. The average Bonchev–Trinajstić information content (AvgIpc) is 2.64. The van der Waals surface area contributed by atoms with Gasteiger partial charge in [-0.2, -0.15) is 5.10 Å². The van der Waals surface area contributed by atoms with Crippen LogP contribution in [0.2, 0.25) is 5.15 Å². The van der Waals surface area contributed by atoms with Crippen LogP contribution in [0.4, 0.5) is 14.7 Å². The summed E-state index contributed by atoms with van der Waals surface area (Å²) in [4.78, 5) is 7.49. The number of hydrogen-bond donors (Lipinski definition) is 2. The topological polar surface area (TPSA) is 80.5 Å². The van der Waals surface area contributed by atoms with E-state index in [4.69, 9.17) is 17.3 Å². The summed E-state index contributed by atoms with van der Waals surface area (Å²) in [5.74, 6) is -0.0318. The Morgan fingerprint density at radius 3 is 2.62 bits per heavy atom. The number of nitrogens with one attached hydrogen (secondary N) is 1. The smallest absolute Gasteiger partial charge is 0.282 e. The van der Waals surface area contributed by atoms with Crippen molar-refractivity contribution in [3.8, 4) is 11.4 Å². The first-order valence-corrected chi connectivity index (χ1v) is 4.58. The van der Waals surface area contributed by atoms with E-state index >= 15 is 0 Å². The van der Waals surface area contributed by atoms with Gasteiger partial charge in [-0.3, -0.25) is 5.10 Å². The van der Waals surface area contributed by atoms with Crippen LogP contribution < -0.4 is 5.73 Å². The lowest BCUT2D eigenvalue weighted by molar-refractivity contribution is 0.146. The molecule has 0 aliphatic heterocycles. The van der Waals surface area contributed by atoms with Crippen molar-refractivity contribution < 1.29 is 8.78 Å². The third-order valence-electron chi connectivity index (χ3n) is 1.81. The summed E-state index contributed by atoms with van der Waals surface area (Å²) in [5, 5.41) is 5.99. The first-order chi connectivity index (χ1) is 7.56. The molecular weight excluding hydrogens is 240 g/mol. The molecule has 8 heteroatoms. The lowest BCUT2D eigenvalue weighted by Crippen LogP contribution is -1.96. The highest BCUT2D eigenvalue weighted by atomic mass is 35.5. The minimum atomic E-state index is -2.64. The molecule has 0 aliphatic carbocycles. The highest BCUT2D eigenvalue weighted by Crippen LogP contribution is 2.23. The molecule has 5 nitrogen and oxygen atoms in total. The van der Waals surface area contributed by atoms with Gasteiger partial charge in [0, 0.05) is 6.07 Å². The van der Waals surface area contributed by atoms with Crippen LogP contribution in [0.3, 0.4) is 0 Å². The molecule has 2 heterocycles. The highest BCUT2D eigenvalue weighted by Gasteiger charge is 2.13. The van der Waals surface area contributed by atoms with Crippen LogP contribution in [0, 0.1) is 0 Å². The van der Waals surface area contributed by atoms with Gasteiger partial charge in [-0.05, 0) is 6.07 Å². The molecule has 2 rings (SSSR count). The number of rotatable bonds is 2. The summed E-state index contributed by atoms with van der Waals surface area (Å²) in [5.41, 5.74) is 5.64. The Bertz CT molecular complexity index is 493. The molecule has 84 valence electrons. The third kappa shape index (κ3) is 2.08. The van der Waals surface area contributed by atoms with E-state index < -0.39 is 6.43 Å². The average molecular weight is 246 g/mol. The number of H-pyrrole nitrogens is 1. The van der Waals surface area contributed by atoms with E-state index in [2.05, 4.69) is 20.2 Å². The first kappa shape index (κ1) is 10.7. The van der Waals surface area contributed by atoms with Gasteiger partial charge in [0.15, 0.2) is 0 Å². The van der Waals surface area contributed by atoms with Gasteiger partial charge in [-0.25, -0.2) is 18.7 Å². The number of nitrogen functional groups attached to an aromatic ring is 1. The molecule has 0 saturated heterocycles. The lowest BCUT2D eigenvalue weighted by atomic mass is 10.3. The summed E-state index contributed by atoms with van der Waals surface area (Å²) in [6.45, 7) is 0. The molecule has 0 aliphatic rings. The molecule has 0 fully saturated rings. The molecule has 0 saturated carbocycles. The Hall–Kier alpha value is -1.76. The number of aromatic nitrogens is 4. The van der Waals surface area contributed by atoms with Crippen molar-refractivity contribution >= 4 is 17.5 Å². The van der Waals surface area contributed by atoms with E-state index in [1.807, 2.05) is 0 Å². The van der Waals surface area contributed by atoms with Crippen molar-refractivity contribution in [2.75, 3.05) is 5.73 Å². The van der Waals surface area contributed by atoms with E-state index in [0.717, 1.165) is 0 Å². The molecule has 0 amide bonds. The predicted octanol–water partition coefficient (Wildman–Crippen LogP) is 2.04. The van der Waals surface area contributed by atoms with Crippen LogP contribution >= 0.6 is 11.6 Å². The Kier molecular flexibility index (Phi) is 2.69. The molecule has 0 spiro atoms. The van der Waals surface area contributed by atoms with Gasteiger partial charge in [0.2, 0.25) is 5.95 Å². The fraction of sp³-hybridized carbons (Fsp3) is 0.125. The van der Waals surface area contributed by atoms with Gasteiger partial charge in [0.05, 0.1) is 11.4 Å². The SMILES string of the molecule is Nc1nc(Cl)cc(-c2cc(C(F)F)n[nH]2)n1. The Morgan fingerprint density at radius 1 is 1.31 bits per heavy atom. The van der Waals surface area contributed by atoms with Crippen molar-refractivity contribution in [1.29, 1.82) is 0 Å². The molecular formula is C8H6ClF2N5. The van der Waals surface area contributed by atoms with E-state index in [1.165, 1.54) is 12.1 Å². The number of alkyl halides is 2. The summed E-state index contributed by atoms with van der Waals surface area (Å²) in [6, 6.07) is 2.59. The summed E-state index contributed by atoms with van der Waals surface area (Å²) >= 11 is 5.66. The minimum absolute atomic E-state index is 0.0318. The van der Waals surface area contributed by atoms with Crippen LogP contribution in [-0.2, 0) is 0 Å². The quantitative estimate of drug-likeness (QED) is 0.794. The number of aromatic amines is 1. The van der Waals surface area contributed by atoms with E-state index in [0.29, 0.717) is 11.4 Å². The standard InChI is InChI=1S/C8H6ClF2N5/c9-6-2-3(13-8(12)14-6)4-1-5(7(10)11)16-15-4/h1-2,7H,(H,15,16)(H2,12,13,14). The van der Waals surface area contributed by atoms with Crippen molar-refractivity contribution in [2.24, 2.45) is 0 Å². The zero-order chi connectivity index (χ0) is 11.7. The fourth-order valence-electron chi connectivity index (χ4n) is 1.15. The molecule has 0 atom stereocenters. The molecule has 0 radical (unpaired) electrons. The van der Waals surface area contributed by atoms with Gasteiger partial charge in [-0.15, -0.1) is 0 Å². The number of nitrogens with two attached hydrogens (primary N) is 1. The summed E-state index contributed by atoms with van der Waals surface area (Å²) in [6.07, 6.45) is -2.64. The van der Waals surface area contributed by atoms with E-state index in [-0.39, 0.29) is 16.8 Å². The van der Waals surface area contributed by atoms with Gasteiger partial charge in [0.1, 0.15) is 10.8 Å². The molecule has 2 aromatic rings. The van der Waals surface area contributed by atoms with Gasteiger partial charge < -0.3 is 5.73 Å². The predicted molar refractivity (Wildman–Crippen MR) is 54.0 cm³/mol. The number of nitrogens with zero attached hydrogens (tertiary/aromatic N) is 3. The number of anilines is 1. The van der Waals surface area contributed by atoms with Crippen LogP contribution in [0.25, 0.3) is 11.4 Å². The second kappa shape index (κ2) is 4.01. The Balaban J connectivity index is 2.42. The molecule has 0 unspecified atom stereocenters. The van der Waals surface area contributed by atoms with E-state index in [1.54, 1.807) is 0 Å². The van der Waals surface area contributed by atoms with Crippen molar-refractivity contribution in [3.05, 3.63) is 23.0 Å². The molecule has 2 aromatic heterocycles. The van der Waals surface area contributed by atoms with Crippen LogP contribution in [-0.4, -0.2) is 20.2 Å². The molecule has 16 heavy (non-hydrogen) atoms. The maximum absolute atomic E-state index is 12.3. The van der Waals surface area contributed by atoms with E-state index in [9.17, 15) is 8.78 Å². The van der Waals surface area contributed by atoms with Crippen molar-refractivity contribution in [3.63, 3.8) is 0 Å². The normalized spacial score (nSPS) is 11.0.